The Labute approximate surface area is 152 Å². The summed E-state index contributed by atoms with van der Waals surface area (Å²) in [4.78, 5) is 13.7. The normalized spacial score (nSPS) is 12.3. The molecule has 0 fully saturated rings. The second kappa shape index (κ2) is 6.64. The maximum atomic E-state index is 10.9. The van der Waals surface area contributed by atoms with E-state index in [1.807, 2.05) is 43.5 Å². The van der Waals surface area contributed by atoms with Crippen LogP contribution in [0.15, 0.2) is 64.4 Å². The van der Waals surface area contributed by atoms with Gasteiger partial charge in [0.15, 0.2) is 0 Å². The van der Waals surface area contributed by atoms with Gasteiger partial charge in [0.05, 0.1) is 10.5 Å². The van der Waals surface area contributed by atoms with E-state index in [0.29, 0.717) is 11.1 Å². The highest BCUT2D eigenvalue weighted by Crippen LogP contribution is 2.37. The molecule has 0 bridgehead atoms. The van der Waals surface area contributed by atoms with Crippen LogP contribution in [0.2, 0.25) is 0 Å². The lowest BCUT2D eigenvalue weighted by atomic mass is 10.1. The highest BCUT2D eigenvalue weighted by Gasteiger charge is 2.17. The number of fused-ring (bicyclic) bond motifs is 1. The van der Waals surface area contributed by atoms with Crippen LogP contribution in [0, 0.1) is 10.1 Å². The summed E-state index contributed by atoms with van der Waals surface area (Å²) in [6.45, 7) is 1.94. The van der Waals surface area contributed by atoms with Crippen LogP contribution in [-0.4, -0.2) is 20.1 Å². The van der Waals surface area contributed by atoms with Gasteiger partial charge in [-0.25, -0.2) is 0 Å². The molecule has 2 heterocycles. The fourth-order valence-corrected chi connectivity index (χ4v) is 3.53. The average Bonchev–Trinajstić information content (AvgIpc) is 3.28. The molecule has 7 nitrogen and oxygen atoms in total. The third-order valence-corrected chi connectivity index (χ3v) is 5.05. The summed E-state index contributed by atoms with van der Waals surface area (Å²) in [6, 6.07) is 14.4. The molecule has 2 aromatic heterocycles. The molecule has 26 heavy (non-hydrogen) atoms. The van der Waals surface area contributed by atoms with Crippen molar-refractivity contribution in [3.63, 3.8) is 0 Å². The molecule has 0 aliphatic carbocycles. The molecule has 8 heteroatoms. The fourth-order valence-electron chi connectivity index (χ4n) is 2.73. The highest BCUT2D eigenvalue weighted by atomic mass is 32.2. The van der Waals surface area contributed by atoms with Gasteiger partial charge in [0.2, 0.25) is 0 Å². The number of hydrogen-bond donors (Lipinski definition) is 1. The van der Waals surface area contributed by atoms with E-state index < -0.39 is 4.92 Å². The van der Waals surface area contributed by atoms with E-state index in [1.54, 1.807) is 12.1 Å². The van der Waals surface area contributed by atoms with E-state index in [-0.39, 0.29) is 10.9 Å². The fraction of sp³-hybridized carbons (Fsp3) is 0.111. The molecule has 0 amide bonds. The summed E-state index contributed by atoms with van der Waals surface area (Å²) in [5.74, 6) is 0.441. The lowest BCUT2D eigenvalue weighted by Crippen LogP contribution is -1.92. The maximum Gasteiger partial charge on any atom is 0.277 e. The van der Waals surface area contributed by atoms with E-state index >= 15 is 0 Å². The molecule has 0 saturated heterocycles. The van der Waals surface area contributed by atoms with E-state index in [4.69, 9.17) is 4.42 Å². The molecule has 0 spiro atoms. The Bertz CT molecular complexity index is 1090. The summed E-state index contributed by atoms with van der Waals surface area (Å²) < 4.78 is 5.79. The van der Waals surface area contributed by atoms with E-state index in [0.717, 1.165) is 22.0 Å². The first-order valence-electron chi connectivity index (χ1n) is 7.93. The summed E-state index contributed by atoms with van der Waals surface area (Å²) in [5, 5.41) is 20.5. The Morgan fingerprint density at radius 1 is 1.19 bits per heavy atom. The second-order valence-corrected chi connectivity index (χ2v) is 7.03. The highest BCUT2D eigenvalue weighted by molar-refractivity contribution is 7.99. The number of para-hydroxylation sites is 1. The average molecular weight is 366 g/mol. The van der Waals surface area contributed by atoms with E-state index in [9.17, 15) is 10.1 Å². The molecular weight excluding hydrogens is 352 g/mol. The zero-order valence-corrected chi connectivity index (χ0v) is 14.6. The van der Waals surface area contributed by atoms with Crippen molar-refractivity contribution in [1.82, 2.24) is 15.2 Å². The van der Waals surface area contributed by atoms with Crippen LogP contribution in [0.4, 0.5) is 5.69 Å². The molecular formula is C18H14N4O3S. The SMILES string of the molecule is C[C@@H](Sc1nnc(-c2c[nH]c3ccccc23)o1)c1cccc([N+](=O)[O-])c1. The molecule has 130 valence electrons. The van der Waals surface area contributed by atoms with Gasteiger partial charge in [-0.1, -0.05) is 42.1 Å². The van der Waals surface area contributed by atoms with Crippen molar-refractivity contribution in [2.75, 3.05) is 0 Å². The van der Waals surface area contributed by atoms with Gasteiger partial charge in [0.1, 0.15) is 0 Å². The number of H-pyrrole nitrogens is 1. The van der Waals surface area contributed by atoms with Crippen molar-refractivity contribution < 1.29 is 9.34 Å². The van der Waals surface area contributed by atoms with Crippen LogP contribution in [0.1, 0.15) is 17.7 Å². The number of thioether (sulfide) groups is 1. The number of rotatable bonds is 5. The van der Waals surface area contributed by atoms with Gasteiger partial charge in [-0.2, -0.15) is 0 Å². The first-order chi connectivity index (χ1) is 12.6. The quantitative estimate of drug-likeness (QED) is 0.304. The minimum absolute atomic E-state index is 0.0637. The van der Waals surface area contributed by atoms with Gasteiger partial charge in [-0.05, 0) is 18.6 Å². The predicted octanol–water partition coefficient (Wildman–Crippen LogP) is 4.98. The monoisotopic (exact) mass is 366 g/mol. The second-order valence-electron chi connectivity index (χ2n) is 5.73. The van der Waals surface area contributed by atoms with Crippen LogP contribution in [0.25, 0.3) is 22.4 Å². The lowest BCUT2D eigenvalue weighted by molar-refractivity contribution is -0.384. The van der Waals surface area contributed by atoms with Crippen molar-refractivity contribution in [3.05, 3.63) is 70.4 Å². The Morgan fingerprint density at radius 3 is 2.88 bits per heavy atom. The topological polar surface area (TPSA) is 97.8 Å². The van der Waals surface area contributed by atoms with Gasteiger partial charge in [-0.3, -0.25) is 10.1 Å². The largest absolute Gasteiger partial charge is 0.411 e. The smallest absolute Gasteiger partial charge is 0.277 e. The first-order valence-corrected chi connectivity index (χ1v) is 8.81. The van der Waals surface area contributed by atoms with Gasteiger partial charge in [0, 0.05) is 34.5 Å². The molecule has 1 N–H and O–H groups in total. The molecule has 0 unspecified atom stereocenters. The summed E-state index contributed by atoms with van der Waals surface area (Å²) in [6.07, 6.45) is 1.84. The van der Waals surface area contributed by atoms with Crippen molar-refractivity contribution in [2.45, 2.75) is 17.4 Å². The summed E-state index contributed by atoms with van der Waals surface area (Å²) >= 11 is 1.37. The van der Waals surface area contributed by atoms with Gasteiger partial charge in [0.25, 0.3) is 16.8 Å². The molecule has 4 aromatic rings. The third kappa shape index (κ3) is 3.06. The van der Waals surface area contributed by atoms with E-state index in [1.165, 1.54) is 17.8 Å². The Morgan fingerprint density at radius 2 is 2.04 bits per heavy atom. The molecule has 0 aliphatic rings. The Hall–Kier alpha value is -3.13. The number of non-ortho nitro benzene ring substituents is 1. The van der Waals surface area contributed by atoms with Gasteiger partial charge in [-0.15, -0.1) is 10.2 Å². The summed E-state index contributed by atoms with van der Waals surface area (Å²) in [5.41, 5.74) is 2.75. The first kappa shape index (κ1) is 16.3. The maximum absolute atomic E-state index is 10.9. The molecule has 2 aromatic carbocycles. The number of nitrogens with zero attached hydrogens (tertiary/aromatic N) is 3. The van der Waals surface area contributed by atoms with Crippen molar-refractivity contribution in [2.24, 2.45) is 0 Å². The number of benzene rings is 2. The Kier molecular flexibility index (Phi) is 4.18. The van der Waals surface area contributed by atoms with Crippen LogP contribution in [-0.2, 0) is 0 Å². The van der Waals surface area contributed by atoms with Crippen LogP contribution in [0.5, 0.6) is 0 Å². The minimum atomic E-state index is -0.400. The van der Waals surface area contributed by atoms with Crippen molar-refractivity contribution >= 4 is 28.4 Å². The van der Waals surface area contributed by atoms with Crippen LogP contribution >= 0.6 is 11.8 Å². The zero-order chi connectivity index (χ0) is 18.1. The Balaban J connectivity index is 1.57. The number of hydrogen-bond acceptors (Lipinski definition) is 6. The van der Waals surface area contributed by atoms with Crippen LogP contribution in [0.3, 0.4) is 0 Å². The molecule has 4 rings (SSSR count). The zero-order valence-electron chi connectivity index (χ0n) is 13.7. The van der Waals surface area contributed by atoms with Gasteiger partial charge >= 0.3 is 0 Å². The number of nitro benzene ring substituents is 1. The van der Waals surface area contributed by atoms with Gasteiger partial charge < -0.3 is 9.40 Å². The van der Waals surface area contributed by atoms with Crippen LogP contribution < -0.4 is 0 Å². The number of nitro groups is 1. The van der Waals surface area contributed by atoms with Crippen molar-refractivity contribution in [3.8, 4) is 11.5 Å². The number of aromatic amines is 1. The number of nitrogens with one attached hydrogen (secondary N) is 1. The third-order valence-electron chi connectivity index (χ3n) is 4.05. The van der Waals surface area contributed by atoms with Crippen molar-refractivity contribution in [1.29, 1.82) is 0 Å². The standard InChI is InChI=1S/C18H14N4O3S/c1-11(12-5-4-6-13(9-12)22(23)24)26-18-21-20-17(25-18)15-10-19-16-8-3-2-7-14(15)16/h2-11,19H,1H3/t11-/m1/s1. The minimum Gasteiger partial charge on any atom is -0.411 e. The van der Waals surface area contributed by atoms with E-state index in [2.05, 4.69) is 15.2 Å². The molecule has 0 radical (unpaired) electrons. The lowest BCUT2D eigenvalue weighted by Gasteiger charge is -2.08. The predicted molar refractivity (Wildman–Crippen MR) is 99.0 cm³/mol. The molecule has 0 saturated carbocycles. The molecule has 1 atom stereocenters. The molecule has 0 aliphatic heterocycles. The number of aromatic nitrogens is 3. The summed E-state index contributed by atoms with van der Waals surface area (Å²) in [7, 11) is 0.